The largest absolute Gasteiger partial charge is 0.493 e. The minimum absolute atomic E-state index is 0.0885. The van der Waals surface area contributed by atoms with Gasteiger partial charge in [-0.15, -0.1) is 6.58 Å². The number of non-ortho nitro benzene ring substituents is 1. The molecule has 0 atom stereocenters. The van der Waals surface area contributed by atoms with E-state index in [4.69, 9.17) is 4.74 Å². The normalized spacial score (nSPS) is 10.3. The van der Waals surface area contributed by atoms with Crippen LogP contribution in [0.4, 0.5) is 5.69 Å². The second-order valence-corrected chi connectivity index (χ2v) is 4.78. The van der Waals surface area contributed by atoms with E-state index >= 15 is 0 Å². The smallest absolute Gasteiger partial charge is 0.270 e. The SMILES string of the molecule is C=C(C)CCOc1ccc([N+](=O)[O-])cc1CNCCC. The first kappa shape index (κ1) is 16.2. The quantitative estimate of drug-likeness (QED) is 0.325. The van der Waals surface area contributed by atoms with Crippen molar-refractivity contribution in [1.29, 1.82) is 0 Å². The first-order valence-electron chi connectivity index (χ1n) is 6.79. The van der Waals surface area contributed by atoms with Crippen molar-refractivity contribution in [2.45, 2.75) is 33.2 Å². The molecular formula is C15H22N2O3. The lowest BCUT2D eigenvalue weighted by atomic mass is 10.1. The van der Waals surface area contributed by atoms with E-state index in [-0.39, 0.29) is 10.6 Å². The molecule has 0 amide bonds. The fourth-order valence-electron chi connectivity index (χ4n) is 1.69. The molecule has 0 unspecified atom stereocenters. The summed E-state index contributed by atoms with van der Waals surface area (Å²) >= 11 is 0. The lowest BCUT2D eigenvalue weighted by Crippen LogP contribution is -2.15. The van der Waals surface area contributed by atoms with E-state index in [0.29, 0.717) is 18.9 Å². The van der Waals surface area contributed by atoms with Crippen LogP contribution < -0.4 is 10.1 Å². The van der Waals surface area contributed by atoms with E-state index in [1.54, 1.807) is 12.1 Å². The van der Waals surface area contributed by atoms with Crippen LogP contribution in [-0.4, -0.2) is 18.1 Å². The summed E-state index contributed by atoms with van der Waals surface area (Å²) in [6.07, 6.45) is 1.79. The number of benzene rings is 1. The van der Waals surface area contributed by atoms with E-state index in [9.17, 15) is 10.1 Å². The summed E-state index contributed by atoms with van der Waals surface area (Å²) in [5, 5.41) is 14.1. The van der Waals surface area contributed by atoms with Crippen LogP contribution >= 0.6 is 0 Å². The molecule has 0 radical (unpaired) electrons. The van der Waals surface area contributed by atoms with Crippen molar-refractivity contribution in [2.24, 2.45) is 0 Å². The minimum Gasteiger partial charge on any atom is -0.493 e. The molecule has 5 nitrogen and oxygen atoms in total. The van der Waals surface area contributed by atoms with Gasteiger partial charge in [-0.2, -0.15) is 0 Å². The number of rotatable bonds is 9. The van der Waals surface area contributed by atoms with Crippen LogP contribution in [0.15, 0.2) is 30.4 Å². The Morgan fingerprint density at radius 1 is 1.50 bits per heavy atom. The summed E-state index contributed by atoms with van der Waals surface area (Å²) < 4.78 is 5.69. The molecule has 0 saturated heterocycles. The number of nitrogens with one attached hydrogen (secondary N) is 1. The zero-order valence-electron chi connectivity index (χ0n) is 12.1. The van der Waals surface area contributed by atoms with Crippen molar-refractivity contribution >= 4 is 5.69 Å². The highest BCUT2D eigenvalue weighted by molar-refractivity contribution is 5.43. The number of nitrogens with zero attached hydrogens (tertiary/aromatic N) is 1. The lowest BCUT2D eigenvalue weighted by molar-refractivity contribution is -0.384. The van der Waals surface area contributed by atoms with E-state index < -0.39 is 0 Å². The van der Waals surface area contributed by atoms with Crippen molar-refractivity contribution in [3.63, 3.8) is 0 Å². The van der Waals surface area contributed by atoms with Crippen molar-refractivity contribution in [2.75, 3.05) is 13.2 Å². The highest BCUT2D eigenvalue weighted by atomic mass is 16.6. The third-order valence-corrected chi connectivity index (χ3v) is 2.78. The molecule has 20 heavy (non-hydrogen) atoms. The highest BCUT2D eigenvalue weighted by Crippen LogP contribution is 2.24. The van der Waals surface area contributed by atoms with E-state index in [1.807, 2.05) is 6.92 Å². The van der Waals surface area contributed by atoms with Gasteiger partial charge in [0.25, 0.3) is 5.69 Å². The molecule has 0 aliphatic rings. The van der Waals surface area contributed by atoms with Crippen molar-refractivity contribution < 1.29 is 9.66 Å². The van der Waals surface area contributed by atoms with E-state index in [2.05, 4.69) is 18.8 Å². The molecule has 0 saturated carbocycles. The summed E-state index contributed by atoms with van der Waals surface area (Å²) in [4.78, 5) is 10.4. The maximum Gasteiger partial charge on any atom is 0.270 e. The zero-order valence-corrected chi connectivity index (χ0v) is 12.1. The van der Waals surface area contributed by atoms with Gasteiger partial charge in [-0.1, -0.05) is 12.5 Å². The fourth-order valence-corrected chi connectivity index (χ4v) is 1.69. The highest BCUT2D eigenvalue weighted by Gasteiger charge is 2.11. The van der Waals surface area contributed by atoms with Crippen LogP contribution in [-0.2, 0) is 6.54 Å². The summed E-state index contributed by atoms with van der Waals surface area (Å²) in [5.41, 5.74) is 1.96. The van der Waals surface area contributed by atoms with Crippen LogP contribution in [0.5, 0.6) is 5.75 Å². The maximum absolute atomic E-state index is 10.8. The molecule has 5 heteroatoms. The molecule has 0 aromatic heterocycles. The average Bonchev–Trinajstić information content (AvgIpc) is 2.39. The number of hydrogen-bond acceptors (Lipinski definition) is 4. The standard InChI is InChI=1S/C15H22N2O3/c1-4-8-16-11-13-10-14(17(18)19)5-6-15(13)20-9-7-12(2)3/h5-6,10,16H,2,4,7-9,11H2,1,3H3. The van der Waals surface area contributed by atoms with Crippen LogP contribution in [0, 0.1) is 10.1 Å². The number of hydrogen-bond donors (Lipinski definition) is 1. The summed E-state index contributed by atoms with van der Waals surface area (Å²) in [6.45, 7) is 9.82. The summed E-state index contributed by atoms with van der Waals surface area (Å²) in [6, 6.07) is 4.71. The molecule has 1 N–H and O–H groups in total. The van der Waals surface area contributed by atoms with Gasteiger partial charge < -0.3 is 10.1 Å². The first-order chi connectivity index (χ1) is 9.54. The monoisotopic (exact) mass is 278 g/mol. The van der Waals surface area contributed by atoms with Gasteiger partial charge in [-0.3, -0.25) is 10.1 Å². The van der Waals surface area contributed by atoms with Crippen molar-refractivity contribution in [3.05, 3.63) is 46.0 Å². The Balaban J connectivity index is 2.78. The molecule has 1 aromatic carbocycles. The van der Waals surface area contributed by atoms with Gasteiger partial charge in [0.15, 0.2) is 0 Å². The lowest BCUT2D eigenvalue weighted by Gasteiger charge is -2.12. The Labute approximate surface area is 119 Å². The molecule has 110 valence electrons. The predicted molar refractivity (Wildman–Crippen MR) is 80.0 cm³/mol. The summed E-state index contributed by atoms with van der Waals surface area (Å²) in [5.74, 6) is 0.695. The molecular weight excluding hydrogens is 256 g/mol. The Morgan fingerprint density at radius 3 is 2.85 bits per heavy atom. The zero-order chi connectivity index (χ0) is 15.0. The Hall–Kier alpha value is -1.88. The van der Waals surface area contributed by atoms with Gasteiger partial charge in [0.1, 0.15) is 5.75 Å². The second kappa shape index (κ2) is 8.32. The van der Waals surface area contributed by atoms with Gasteiger partial charge in [-0.05, 0) is 26.0 Å². The molecule has 0 spiro atoms. The molecule has 0 heterocycles. The van der Waals surface area contributed by atoms with Gasteiger partial charge in [0, 0.05) is 30.7 Å². The summed E-state index contributed by atoms with van der Waals surface area (Å²) in [7, 11) is 0. The molecule has 0 fully saturated rings. The van der Waals surface area contributed by atoms with Gasteiger partial charge in [0.2, 0.25) is 0 Å². The van der Waals surface area contributed by atoms with Crippen LogP contribution in [0.3, 0.4) is 0 Å². The topological polar surface area (TPSA) is 64.4 Å². The van der Waals surface area contributed by atoms with Crippen molar-refractivity contribution in [3.8, 4) is 5.75 Å². The second-order valence-electron chi connectivity index (χ2n) is 4.78. The Morgan fingerprint density at radius 2 is 2.25 bits per heavy atom. The van der Waals surface area contributed by atoms with Crippen LogP contribution in [0.25, 0.3) is 0 Å². The molecule has 1 rings (SSSR count). The molecule has 1 aromatic rings. The predicted octanol–water partition coefficient (Wildman–Crippen LogP) is 3.44. The van der Waals surface area contributed by atoms with E-state index in [1.165, 1.54) is 6.07 Å². The van der Waals surface area contributed by atoms with Crippen LogP contribution in [0.1, 0.15) is 32.3 Å². The van der Waals surface area contributed by atoms with Gasteiger partial charge in [-0.25, -0.2) is 0 Å². The average molecular weight is 278 g/mol. The number of nitro groups is 1. The van der Waals surface area contributed by atoms with Gasteiger partial charge >= 0.3 is 0 Å². The van der Waals surface area contributed by atoms with E-state index in [0.717, 1.165) is 30.5 Å². The maximum atomic E-state index is 10.8. The molecule has 0 bridgehead atoms. The Kier molecular flexibility index (Phi) is 6.73. The third kappa shape index (κ3) is 5.40. The van der Waals surface area contributed by atoms with Gasteiger partial charge in [0.05, 0.1) is 11.5 Å². The number of nitro benzene ring substituents is 1. The van der Waals surface area contributed by atoms with Crippen LogP contribution in [0.2, 0.25) is 0 Å². The minimum atomic E-state index is -0.388. The Bertz CT molecular complexity index is 472. The molecule has 0 aliphatic carbocycles. The third-order valence-electron chi connectivity index (χ3n) is 2.78. The molecule has 0 aliphatic heterocycles. The number of ether oxygens (including phenoxy) is 1. The first-order valence-corrected chi connectivity index (χ1v) is 6.79. The van der Waals surface area contributed by atoms with Crippen molar-refractivity contribution in [1.82, 2.24) is 5.32 Å². The fraction of sp³-hybridized carbons (Fsp3) is 0.467.